The molecule has 0 spiro atoms. The number of thioether (sulfide) groups is 1. The lowest BCUT2D eigenvalue weighted by Crippen LogP contribution is -2.55. The Kier molecular flexibility index (Phi) is 11.4. The maximum Gasteiger partial charge on any atom is 0.264 e. The number of halogens is 2. The van der Waals surface area contributed by atoms with E-state index in [1.807, 2.05) is 34.0 Å². The third kappa shape index (κ3) is 8.43. The fraction of sp³-hybridized carbons (Fsp3) is 0.355. The minimum Gasteiger partial charge on any atom is -0.350 e. The van der Waals surface area contributed by atoms with Gasteiger partial charge in [0.15, 0.2) is 0 Å². The van der Waals surface area contributed by atoms with Crippen LogP contribution in [0.4, 0.5) is 5.69 Å². The highest BCUT2D eigenvalue weighted by atomic mass is 35.5. The van der Waals surface area contributed by atoms with E-state index in [0.29, 0.717) is 21.3 Å². The molecule has 1 N–H and O–H groups in total. The maximum absolute atomic E-state index is 14.2. The Balaban J connectivity index is 2.11. The molecule has 1 atom stereocenters. The fourth-order valence-electron chi connectivity index (χ4n) is 4.34. The SMILES string of the molecule is CCC(C(=O)NC(C)(C)C)N(Cc1c(Cl)cccc1Cl)C(=O)CN(c1ccc(C)cc1)S(=O)(=O)c1ccc(SC)cc1. The van der Waals surface area contributed by atoms with Crippen LogP contribution >= 0.6 is 35.0 Å². The minimum atomic E-state index is -4.17. The Bertz CT molecular complexity index is 1490. The lowest BCUT2D eigenvalue weighted by atomic mass is 10.1. The number of hydrogen-bond acceptors (Lipinski definition) is 5. The van der Waals surface area contributed by atoms with Crippen molar-refractivity contribution >= 4 is 62.5 Å². The van der Waals surface area contributed by atoms with Crippen LogP contribution in [0, 0.1) is 6.92 Å². The van der Waals surface area contributed by atoms with Crippen LogP contribution in [0.3, 0.4) is 0 Å². The van der Waals surface area contributed by atoms with Crippen molar-refractivity contribution in [3.63, 3.8) is 0 Å². The average Bonchev–Trinajstić information content (AvgIpc) is 2.92. The fourth-order valence-corrected chi connectivity index (χ4v) is 6.68. The molecular weight excluding hydrogens is 613 g/mol. The Morgan fingerprint density at radius 3 is 2.02 bits per heavy atom. The first-order valence-corrected chi connectivity index (χ1v) is 16.9. The zero-order chi connectivity index (χ0) is 31.2. The van der Waals surface area contributed by atoms with Crippen LogP contribution in [0.2, 0.25) is 10.0 Å². The number of nitrogens with one attached hydrogen (secondary N) is 1. The lowest BCUT2D eigenvalue weighted by Gasteiger charge is -2.35. The summed E-state index contributed by atoms with van der Waals surface area (Å²) >= 11 is 14.4. The van der Waals surface area contributed by atoms with E-state index in [4.69, 9.17) is 23.2 Å². The van der Waals surface area contributed by atoms with Gasteiger partial charge in [0, 0.05) is 32.6 Å². The molecule has 42 heavy (non-hydrogen) atoms. The van der Waals surface area contributed by atoms with E-state index in [9.17, 15) is 18.0 Å². The van der Waals surface area contributed by atoms with Gasteiger partial charge in [-0.2, -0.15) is 0 Å². The van der Waals surface area contributed by atoms with Gasteiger partial charge in [-0.05, 0) is 88.9 Å². The van der Waals surface area contributed by atoms with Crippen molar-refractivity contribution in [2.75, 3.05) is 17.1 Å². The molecule has 2 amide bonds. The van der Waals surface area contributed by atoms with Gasteiger partial charge in [-0.25, -0.2) is 8.42 Å². The van der Waals surface area contributed by atoms with Gasteiger partial charge in [0.2, 0.25) is 11.8 Å². The summed E-state index contributed by atoms with van der Waals surface area (Å²) in [4.78, 5) is 30.0. The summed E-state index contributed by atoms with van der Waals surface area (Å²) in [6.45, 7) is 8.61. The third-order valence-corrected chi connectivity index (χ3v) is 9.76. The van der Waals surface area contributed by atoms with Crippen LogP contribution in [0.1, 0.15) is 45.2 Å². The number of amides is 2. The summed E-state index contributed by atoms with van der Waals surface area (Å²) in [5.41, 5.74) is 1.17. The molecule has 3 rings (SSSR count). The van der Waals surface area contributed by atoms with E-state index in [-0.39, 0.29) is 23.8 Å². The number of nitrogens with zero attached hydrogens (tertiary/aromatic N) is 2. The van der Waals surface area contributed by atoms with Crippen molar-refractivity contribution in [2.45, 2.75) is 69.0 Å². The Labute approximate surface area is 263 Å². The first-order chi connectivity index (χ1) is 19.7. The molecule has 7 nitrogen and oxygen atoms in total. The van der Waals surface area contributed by atoms with Crippen LogP contribution in [0.25, 0.3) is 0 Å². The third-order valence-electron chi connectivity index (χ3n) is 6.52. The summed E-state index contributed by atoms with van der Waals surface area (Å²) in [5.74, 6) is -0.939. The van der Waals surface area contributed by atoms with E-state index in [2.05, 4.69) is 5.32 Å². The molecule has 0 radical (unpaired) electrons. The summed E-state index contributed by atoms with van der Waals surface area (Å²) in [6.07, 6.45) is 2.18. The molecular formula is C31H37Cl2N3O4S2. The molecule has 0 saturated heterocycles. The van der Waals surface area contributed by atoms with Gasteiger partial charge in [0.25, 0.3) is 10.0 Å². The van der Waals surface area contributed by atoms with Crippen molar-refractivity contribution in [3.8, 4) is 0 Å². The number of rotatable bonds is 11. The van der Waals surface area contributed by atoms with E-state index in [1.165, 1.54) is 28.8 Å². The molecule has 1 unspecified atom stereocenters. The average molecular weight is 651 g/mol. The van der Waals surface area contributed by atoms with Crippen LogP contribution in [-0.4, -0.2) is 49.5 Å². The van der Waals surface area contributed by atoms with Gasteiger partial charge in [-0.15, -0.1) is 11.8 Å². The predicted molar refractivity (Wildman–Crippen MR) is 173 cm³/mol. The van der Waals surface area contributed by atoms with Crippen molar-refractivity contribution in [1.29, 1.82) is 0 Å². The lowest BCUT2D eigenvalue weighted by molar-refractivity contribution is -0.141. The van der Waals surface area contributed by atoms with Gasteiger partial charge >= 0.3 is 0 Å². The Morgan fingerprint density at radius 2 is 1.52 bits per heavy atom. The van der Waals surface area contributed by atoms with Gasteiger partial charge in [0.05, 0.1) is 10.6 Å². The second-order valence-electron chi connectivity index (χ2n) is 10.9. The molecule has 11 heteroatoms. The van der Waals surface area contributed by atoms with Gasteiger partial charge in [-0.3, -0.25) is 13.9 Å². The van der Waals surface area contributed by atoms with Crippen LogP contribution in [0.15, 0.2) is 76.5 Å². The predicted octanol–water partition coefficient (Wildman–Crippen LogP) is 6.94. The van der Waals surface area contributed by atoms with Crippen molar-refractivity contribution in [1.82, 2.24) is 10.2 Å². The van der Waals surface area contributed by atoms with Crippen molar-refractivity contribution in [2.24, 2.45) is 0 Å². The van der Waals surface area contributed by atoms with Crippen LogP contribution in [-0.2, 0) is 26.2 Å². The Hall–Kier alpha value is -2.72. The highest BCUT2D eigenvalue weighted by molar-refractivity contribution is 7.98. The zero-order valence-electron chi connectivity index (χ0n) is 24.6. The van der Waals surface area contributed by atoms with Gasteiger partial charge in [0.1, 0.15) is 12.6 Å². The molecule has 0 fully saturated rings. The monoisotopic (exact) mass is 649 g/mol. The number of aryl methyl sites for hydroxylation is 1. The smallest absolute Gasteiger partial charge is 0.264 e. The molecule has 0 aliphatic rings. The number of carbonyl (C=O) groups is 2. The number of anilines is 1. The molecule has 0 aliphatic carbocycles. The summed E-state index contributed by atoms with van der Waals surface area (Å²) in [5, 5.41) is 3.62. The number of sulfonamides is 1. The number of hydrogen-bond donors (Lipinski definition) is 1. The second-order valence-corrected chi connectivity index (χ2v) is 14.5. The van der Waals surface area contributed by atoms with Gasteiger partial charge < -0.3 is 10.2 Å². The molecule has 0 aliphatic heterocycles. The normalized spacial score (nSPS) is 12.5. The number of benzene rings is 3. The molecule has 0 aromatic heterocycles. The topological polar surface area (TPSA) is 86.8 Å². The van der Waals surface area contributed by atoms with Gasteiger partial charge in [-0.1, -0.05) is 53.9 Å². The van der Waals surface area contributed by atoms with Crippen LogP contribution in [0.5, 0.6) is 0 Å². The van der Waals surface area contributed by atoms with E-state index in [1.54, 1.807) is 61.5 Å². The van der Waals surface area contributed by atoms with Crippen molar-refractivity contribution in [3.05, 3.63) is 87.9 Å². The summed E-state index contributed by atoms with van der Waals surface area (Å²) < 4.78 is 29.1. The standard InChI is InChI=1S/C31H37Cl2N3O4S2/c1-7-28(30(38)34-31(3,4)5)35(19-25-26(32)9-8-10-27(25)33)29(37)20-36(22-13-11-21(2)12-14-22)42(39,40)24-17-15-23(41-6)16-18-24/h8-18,28H,7,19-20H2,1-6H3,(H,34,38). The molecule has 0 saturated carbocycles. The quantitative estimate of drug-likeness (QED) is 0.227. The van der Waals surface area contributed by atoms with Crippen molar-refractivity contribution < 1.29 is 18.0 Å². The molecule has 3 aromatic rings. The van der Waals surface area contributed by atoms with E-state index in [0.717, 1.165) is 14.8 Å². The molecule has 226 valence electrons. The highest BCUT2D eigenvalue weighted by Gasteiger charge is 2.35. The maximum atomic E-state index is 14.2. The largest absolute Gasteiger partial charge is 0.350 e. The summed E-state index contributed by atoms with van der Waals surface area (Å²) in [7, 11) is -4.17. The number of carbonyl (C=O) groups excluding carboxylic acids is 2. The second kappa shape index (κ2) is 14.2. The minimum absolute atomic E-state index is 0.0480. The first kappa shape index (κ1) is 33.8. The molecule has 3 aromatic carbocycles. The summed E-state index contributed by atoms with van der Waals surface area (Å²) in [6, 6.07) is 17.5. The van der Waals surface area contributed by atoms with E-state index < -0.39 is 34.1 Å². The first-order valence-electron chi connectivity index (χ1n) is 13.5. The van der Waals surface area contributed by atoms with E-state index >= 15 is 0 Å². The zero-order valence-corrected chi connectivity index (χ0v) is 27.8. The molecule has 0 bridgehead atoms. The molecule has 0 heterocycles. The van der Waals surface area contributed by atoms with Crippen LogP contribution < -0.4 is 9.62 Å². The Morgan fingerprint density at radius 1 is 0.952 bits per heavy atom. The highest BCUT2D eigenvalue weighted by Crippen LogP contribution is 2.29.